The van der Waals surface area contributed by atoms with Gasteiger partial charge >= 0.3 is 0 Å². The quantitative estimate of drug-likeness (QED) is 0.223. The summed E-state index contributed by atoms with van der Waals surface area (Å²) < 4.78 is 12.6. The second-order valence-electron chi connectivity index (χ2n) is 9.13. The normalized spacial score (nSPS) is 12.7. The molecule has 3 heterocycles. The number of anilines is 1. The highest BCUT2D eigenvalue weighted by Gasteiger charge is 2.27. The van der Waals surface area contributed by atoms with Crippen molar-refractivity contribution in [3.8, 4) is 17.2 Å². The second kappa shape index (κ2) is 12.1. The number of hydrogen-bond donors (Lipinski definition) is 1. The minimum absolute atomic E-state index is 0.0117. The number of aromatic nitrogens is 2. The molecule has 1 aliphatic rings. The predicted molar refractivity (Wildman–Crippen MR) is 158 cm³/mol. The summed E-state index contributed by atoms with van der Waals surface area (Å²) in [6, 6.07) is 14.4. The van der Waals surface area contributed by atoms with Crippen LogP contribution in [0.2, 0.25) is 0 Å². The standard InChI is InChI=1S/C29H30N4O5S2/c1-4-37-21-10-6-19(7-11-21)30-25(35)17-39-29-31-27-26(23-14-15-32(18(3)34)16-24(23)40-27)28(36)33(29)20-8-12-22(13-9-20)38-5-2/h6-13H,4-5,14-17H2,1-3H3,(H,30,35). The molecule has 0 radical (unpaired) electrons. The van der Waals surface area contributed by atoms with Gasteiger partial charge in [0.2, 0.25) is 11.8 Å². The third-order valence-corrected chi connectivity index (χ3v) is 8.53. The number of amides is 2. The molecule has 11 heteroatoms. The third-order valence-electron chi connectivity index (χ3n) is 6.48. The molecule has 0 saturated carbocycles. The number of hydrogen-bond acceptors (Lipinski definition) is 8. The summed E-state index contributed by atoms with van der Waals surface area (Å²) in [4.78, 5) is 47.1. The molecule has 1 aliphatic heterocycles. The predicted octanol–water partition coefficient (Wildman–Crippen LogP) is 4.88. The number of thioether (sulfide) groups is 1. The lowest BCUT2D eigenvalue weighted by Gasteiger charge is -2.25. The smallest absolute Gasteiger partial charge is 0.267 e. The van der Waals surface area contributed by atoms with Crippen LogP contribution < -0.4 is 20.3 Å². The zero-order valence-corrected chi connectivity index (χ0v) is 24.2. The number of benzene rings is 2. The molecule has 0 unspecified atom stereocenters. The summed E-state index contributed by atoms with van der Waals surface area (Å²) in [6.45, 7) is 7.53. The van der Waals surface area contributed by atoms with Crippen molar-refractivity contribution in [1.29, 1.82) is 0 Å². The van der Waals surface area contributed by atoms with Crippen molar-refractivity contribution in [1.82, 2.24) is 14.5 Å². The first-order valence-corrected chi connectivity index (χ1v) is 14.9. The van der Waals surface area contributed by atoms with Crippen LogP contribution in [0.5, 0.6) is 11.5 Å². The first kappa shape index (κ1) is 27.7. The number of fused-ring (bicyclic) bond motifs is 3. The van der Waals surface area contributed by atoms with E-state index in [1.165, 1.54) is 23.1 Å². The number of carbonyl (C=O) groups excluding carboxylic acids is 2. The van der Waals surface area contributed by atoms with Gasteiger partial charge in [-0.15, -0.1) is 11.3 Å². The molecule has 5 rings (SSSR count). The SMILES string of the molecule is CCOc1ccc(NC(=O)CSc2nc3sc4c(c3c(=O)n2-c2ccc(OCC)cc2)CCN(C(C)=O)C4)cc1. The maximum absolute atomic E-state index is 14.0. The van der Waals surface area contributed by atoms with Crippen LogP contribution in [0, 0.1) is 0 Å². The van der Waals surface area contributed by atoms with Crippen molar-refractivity contribution in [2.24, 2.45) is 0 Å². The average molecular weight is 579 g/mol. The molecule has 2 aromatic heterocycles. The minimum Gasteiger partial charge on any atom is -0.494 e. The van der Waals surface area contributed by atoms with Crippen LogP contribution in [-0.4, -0.2) is 51.8 Å². The molecular weight excluding hydrogens is 548 g/mol. The monoisotopic (exact) mass is 578 g/mol. The van der Waals surface area contributed by atoms with Crippen molar-refractivity contribution in [2.45, 2.75) is 38.9 Å². The Morgan fingerprint density at radius 1 is 1.02 bits per heavy atom. The van der Waals surface area contributed by atoms with Crippen molar-refractivity contribution in [3.63, 3.8) is 0 Å². The van der Waals surface area contributed by atoms with Gasteiger partial charge in [0, 0.05) is 24.0 Å². The Bertz CT molecular complexity index is 1600. The van der Waals surface area contributed by atoms with Crippen LogP contribution in [0.4, 0.5) is 5.69 Å². The van der Waals surface area contributed by atoms with Gasteiger partial charge in [0.05, 0.1) is 36.6 Å². The van der Waals surface area contributed by atoms with E-state index in [1.807, 2.05) is 38.1 Å². The van der Waals surface area contributed by atoms with E-state index in [2.05, 4.69) is 5.32 Å². The van der Waals surface area contributed by atoms with E-state index in [4.69, 9.17) is 14.5 Å². The van der Waals surface area contributed by atoms with Gasteiger partial charge in [0.15, 0.2) is 5.16 Å². The fraction of sp³-hybridized carbons (Fsp3) is 0.310. The zero-order chi connectivity index (χ0) is 28.2. The molecule has 0 saturated heterocycles. The Labute approximate surface area is 240 Å². The van der Waals surface area contributed by atoms with E-state index in [0.29, 0.717) is 65.2 Å². The molecule has 2 aromatic carbocycles. The molecule has 0 fully saturated rings. The lowest BCUT2D eigenvalue weighted by Crippen LogP contribution is -2.34. The molecule has 40 heavy (non-hydrogen) atoms. The van der Waals surface area contributed by atoms with Crippen molar-refractivity contribution >= 4 is 50.8 Å². The van der Waals surface area contributed by atoms with E-state index in [0.717, 1.165) is 16.2 Å². The van der Waals surface area contributed by atoms with Crippen LogP contribution in [0.3, 0.4) is 0 Å². The van der Waals surface area contributed by atoms with Crippen LogP contribution in [-0.2, 0) is 22.6 Å². The van der Waals surface area contributed by atoms with E-state index in [9.17, 15) is 14.4 Å². The lowest BCUT2D eigenvalue weighted by atomic mass is 10.1. The van der Waals surface area contributed by atoms with Gasteiger partial charge in [-0.3, -0.25) is 19.0 Å². The largest absolute Gasteiger partial charge is 0.494 e. The maximum atomic E-state index is 14.0. The molecule has 0 spiro atoms. The number of rotatable bonds is 9. The third kappa shape index (κ3) is 5.85. The zero-order valence-electron chi connectivity index (χ0n) is 22.6. The van der Waals surface area contributed by atoms with Gasteiger partial charge in [-0.2, -0.15) is 0 Å². The minimum atomic E-state index is -0.218. The van der Waals surface area contributed by atoms with Gasteiger partial charge in [0.25, 0.3) is 5.56 Å². The molecule has 0 atom stereocenters. The molecular formula is C29H30N4O5S2. The van der Waals surface area contributed by atoms with Gasteiger partial charge in [-0.05, 0) is 74.4 Å². The molecule has 1 N–H and O–H groups in total. The van der Waals surface area contributed by atoms with E-state index >= 15 is 0 Å². The Kier molecular flexibility index (Phi) is 8.41. The van der Waals surface area contributed by atoms with E-state index in [-0.39, 0.29) is 23.1 Å². The highest BCUT2D eigenvalue weighted by atomic mass is 32.2. The Morgan fingerprint density at radius 2 is 1.68 bits per heavy atom. The van der Waals surface area contributed by atoms with Crippen LogP contribution in [0.25, 0.3) is 15.9 Å². The fourth-order valence-electron chi connectivity index (χ4n) is 4.60. The Balaban J connectivity index is 1.47. The second-order valence-corrected chi connectivity index (χ2v) is 11.2. The molecule has 4 aromatic rings. The molecule has 2 amide bonds. The number of thiophene rings is 1. The molecule has 0 aliphatic carbocycles. The Hall–Kier alpha value is -3.83. The van der Waals surface area contributed by atoms with Gasteiger partial charge in [-0.1, -0.05) is 11.8 Å². The first-order valence-electron chi connectivity index (χ1n) is 13.1. The van der Waals surface area contributed by atoms with Crippen molar-refractivity contribution in [2.75, 3.05) is 30.8 Å². The van der Waals surface area contributed by atoms with E-state index in [1.54, 1.807) is 40.7 Å². The number of nitrogens with zero attached hydrogens (tertiary/aromatic N) is 3. The maximum Gasteiger partial charge on any atom is 0.267 e. The fourth-order valence-corrected chi connectivity index (χ4v) is 6.69. The Morgan fingerprint density at radius 3 is 2.30 bits per heavy atom. The molecule has 208 valence electrons. The highest BCUT2D eigenvalue weighted by molar-refractivity contribution is 7.99. The van der Waals surface area contributed by atoms with Crippen LogP contribution in [0.1, 0.15) is 31.2 Å². The van der Waals surface area contributed by atoms with Crippen molar-refractivity contribution in [3.05, 3.63) is 69.3 Å². The summed E-state index contributed by atoms with van der Waals surface area (Å²) in [5.41, 5.74) is 2.07. The van der Waals surface area contributed by atoms with Crippen LogP contribution >= 0.6 is 23.1 Å². The number of nitrogens with one attached hydrogen (secondary N) is 1. The van der Waals surface area contributed by atoms with Crippen LogP contribution in [0.15, 0.2) is 58.5 Å². The highest BCUT2D eigenvalue weighted by Crippen LogP contribution is 2.34. The number of carbonyl (C=O) groups is 2. The lowest BCUT2D eigenvalue weighted by molar-refractivity contribution is -0.129. The molecule has 0 bridgehead atoms. The van der Waals surface area contributed by atoms with E-state index < -0.39 is 0 Å². The van der Waals surface area contributed by atoms with Gasteiger partial charge in [-0.25, -0.2) is 4.98 Å². The summed E-state index contributed by atoms with van der Waals surface area (Å²) >= 11 is 2.64. The molecule has 9 nitrogen and oxygen atoms in total. The first-order chi connectivity index (χ1) is 19.4. The average Bonchev–Trinajstić information content (AvgIpc) is 3.32. The van der Waals surface area contributed by atoms with Gasteiger partial charge in [0.1, 0.15) is 16.3 Å². The van der Waals surface area contributed by atoms with Crippen molar-refractivity contribution < 1.29 is 19.1 Å². The summed E-state index contributed by atoms with van der Waals surface area (Å²) in [6.07, 6.45) is 0.603. The number of ether oxygens (including phenoxy) is 2. The summed E-state index contributed by atoms with van der Waals surface area (Å²) in [5.74, 6) is 1.29. The topological polar surface area (TPSA) is 103 Å². The van der Waals surface area contributed by atoms with Gasteiger partial charge < -0.3 is 19.7 Å². The summed E-state index contributed by atoms with van der Waals surface area (Å²) in [5, 5.41) is 3.89. The summed E-state index contributed by atoms with van der Waals surface area (Å²) in [7, 11) is 0.